The summed E-state index contributed by atoms with van der Waals surface area (Å²) >= 11 is 1.55. The van der Waals surface area contributed by atoms with E-state index in [1.54, 1.807) is 11.3 Å². The molecule has 1 N–H and O–H groups in total. The summed E-state index contributed by atoms with van der Waals surface area (Å²) in [6, 6.07) is 5.35. The number of aromatic nitrogens is 1. The number of halogens is 3. The summed E-state index contributed by atoms with van der Waals surface area (Å²) in [6.45, 7) is 1.08. The second-order valence-corrected chi connectivity index (χ2v) is 6.30. The van der Waals surface area contributed by atoms with Crippen LogP contribution in [0.3, 0.4) is 0 Å². The predicted molar refractivity (Wildman–Crippen MR) is 81.8 cm³/mol. The fourth-order valence-electron chi connectivity index (χ4n) is 2.19. The molecule has 0 bridgehead atoms. The number of thiophene rings is 1. The Balaban J connectivity index is 1.46. The molecule has 1 saturated heterocycles. The van der Waals surface area contributed by atoms with Crippen molar-refractivity contribution in [3.63, 3.8) is 0 Å². The number of alkyl halides is 3. The summed E-state index contributed by atoms with van der Waals surface area (Å²) in [6.07, 6.45) is -3.73. The Labute approximate surface area is 140 Å². The summed E-state index contributed by atoms with van der Waals surface area (Å²) in [5.41, 5.74) is -0.808. The van der Waals surface area contributed by atoms with E-state index in [-0.39, 0.29) is 18.0 Å². The van der Waals surface area contributed by atoms with E-state index in [9.17, 15) is 18.0 Å². The molecule has 3 heterocycles. The molecule has 9 heteroatoms. The number of rotatable bonds is 4. The topological polar surface area (TPSA) is 54.5 Å². The molecule has 0 aromatic carbocycles. The van der Waals surface area contributed by atoms with Gasteiger partial charge in [-0.05, 0) is 17.5 Å². The van der Waals surface area contributed by atoms with Crippen LogP contribution >= 0.6 is 11.3 Å². The standard InChI is InChI=1S/C15H14F3N3O2S/c16-15(17,18)10-3-4-19-13(6-10)23-11-8-21(9-11)14(22)20-7-12-2-1-5-24-12/h1-6,11H,7-9H2,(H,20,22). The molecule has 1 aliphatic rings. The van der Waals surface area contributed by atoms with Gasteiger partial charge in [0.1, 0.15) is 6.10 Å². The number of likely N-dealkylation sites (tertiary alicyclic amines) is 1. The Bertz CT molecular complexity index is 700. The lowest BCUT2D eigenvalue weighted by atomic mass is 10.2. The monoisotopic (exact) mass is 357 g/mol. The molecule has 2 aromatic heterocycles. The Kier molecular flexibility index (Phi) is 4.61. The number of ether oxygens (including phenoxy) is 1. The Morgan fingerprint density at radius 1 is 1.42 bits per heavy atom. The molecule has 0 atom stereocenters. The Morgan fingerprint density at radius 3 is 2.88 bits per heavy atom. The third-order valence-electron chi connectivity index (χ3n) is 3.48. The second kappa shape index (κ2) is 6.68. The van der Waals surface area contributed by atoms with Crippen molar-refractivity contribution in [1.82, 2.24) is 15.2 Å². The van der Waals surface area contributed by atoms with E-state index in [1.807, 2.05) is 17.5 Å². The summed E-state index contributed by atoms with van der Waals surface area (Å²) in [7, 11) is 0. The van der Waals surface area contributed by atoms with E-state index in [2.05, 4.69) is 10.3 Å². The van der Waals surface area contributed by atoms with Gasteiger partial charge >= 0.3 is 12.2 Å². The number of carbonyl (C=O) groups is 1. The molecule has 5 nitrogen and oxygen atoms in total. The second-order valence-electron chi connectivity index (χ2n) is 5.26. The maximum Gasteiger partial charge on any atom is 0.416 e. The highest BCUT2D eigenvalue weighted by atomic mass is 32.1. The third-order valence-corrected chi connectivity index (χ3v) is 4.36. The highest BCUT2D eigenvalue weighted by Gasteiger charge is 2.34. The lowest BCUT2D eigenvalue weighted by Crippen LogP contribution is -2.58. The first-order chi connectivity index (χ1) is 11.4. The van der Waals surface area contributed by atoms with E-state index >= 15 is 0 Å². The summed E-state index contributed by atoms with van der Waals surface area (Å²) in [4.78, 5) is 18.3. The molecule has 0 saturated carbocycles. The predicted octanol–water partition coefficient (Wildman–Crippen LogP) is 3.13. The van der Waals surface area contributed by atoms with Crippen molar-refractivity contribution in [1.29, 1.82) is 0 Å². The molecule has 0 spiro atoms. The zero-order valence-corrected chi connectivity index (χ0v) is 13.2. The van der Waals surface area contributed by atoms with Crippen LogP contribution in [-0.2, 0) is 12.7 Å². The molecule has 1 fully saturated rings. The fraction of sp³-hybridized carbons (Fsp3) is 0.333. The molecule has 3 rings (SSSR count). The minimum atomic E-state index is -4.44. The average Bonchev–Trinajstić information content (AvgIpc) is 3.01. The maximum atomic E-state index is 12.6. The van der Waals surface area contributed by atoms with Crippen molar-refractivity contribution in [2.75, 3.05) is 13.1 Å². The van der Waals surface area contributed by atoms with Crippen LogP contribution in [0, 0.1) is 0 Å². The van der Waals surface area contributed by atoms with Gasteiger partial charge in [-0.25, -0.2) is 9.78 Å². The van der Waals surface area contributed by atoms with E-state index in [4.69, 9.17) is 4.74 Å². The van der Waals surface area contributed by atoms with Crippen molar-refractivity contribution in [2.45, 2.75) is 18.8 Å². The van der Waals surface area contributed by atoms with Crippen LogP contribution in [0.2, 0.25) is 0 Å². The number of nitrogens with one attached hydrogen (secondary N) is 1. The zero-order valence-electron chi connectivity index (χ0n) is 12.4. The first kappa shape index (κ1) is 16.6. The fourth-order valence-corrected chi connectivity index (χ4v) is 2.83. The van der Waals surface area contributed by atoms with E-state index in [0.29, 0.717) is 19.6 Å². The van der Waals surface area contributed by atoms with E-state index < -0.39 is 11.7 Å². The van der Waals surface area contributed by atoms with Crippen LogP contribution in [0.25, 0.3) is 0 Å². The van der Waals surface area contributed by atoms with Crippen molar-refractivity contribution in [3.8, 4) is 5.88 Å². The molecule has 1 aliphatic heterocycles. The largest absolute Gasteiger partial charge is 0.471 e. The lowest BCUT2D eigenvalue weighted by Gasteiger charge is -2.38. The first-order valence-corrected chi connectivity index (χ1v) is 8.05. The van der Waals surface area contributed by atoms with Gasteiger partial charge in [0.2, 0.25) is 5.88 Å². The number of carbonyl (C=O) groups excluding carboxylic acids is 1. The number of pyridine rings is 1. The van der Waals surface area contributed by atoms with E-state index in [0.717, 1.165) is 23.2 Å². The van der Waals surface area contributed by atoms with Crippen LogP contribution < -0.4 is 10.1 Å². The van der Waals surface area contributed by atoms with Crippen molar-refractivity contribution in [2.24, 2.45) is 0 Å². The summed E-state index contributed by atoms with van der Waals surface area (Å²) < 4.78 is 43.3. The number of urea groups is 1. The van der Waals surface area contributed by atoms with Crippen molar-refractivity contribution < 1.29 is 22.7 Å². The van der Waals surface area contributed by atoms with Gasteiger partial charge in [0.15, 0.2) is 0 Å². The Hall–Kier alpha value is -2.29. The summed E-state index contributed by atoms with van der Waals surface area (Å²) in [5.74, 6) is -0.0894. The number of nitrogens with zero attached hydrogens (tertiary/aromatic N) is 2. The van der Waals surface area contributed by atoms with Gasteiger partial charge < -0.3 is 15.0 Å². The van der Waals surface area contributed by atoms with Gasteiger partial charge in [0, 0.05) is 17.1 Å². The maximum absolute atomic E-state index is 12.6. The molecule has 2 amide bonds. The van der Waals surface area contributed by atoms with Crippen LogP contribution in [0.5, 0.6) is 5.88 Å². The highest BCUT2D eigenvalue weighted by molar-refractivity contribution is 7.09. The lowest BCUT2D eigenvalue weighted by molar-refractivity contribution is -0.137. The minimum Gasteiger partial charge on any atom is -0.471 e. The quantitative estimate of drug-likeness (QED) is 0.915. The van der Waals surface area contributed by atoms with Crippen molar-refractivity contribution in [3.05, 3.63) is 46.3 Å². The molecule has 0 aliphatic carbocycles. The van der Waals surface area contributed by atoms with Gasteiger partial charge in [-0.3, -0.25) is 0 Å². The van der Waals surface area contributed by atoms with Gasteiger partial charge in [0.05, 0.1) is 25.2 Å². The number of hydrogen-bond donors (Lipinski definition) is 1. The van der Waals surface area contributed by atoms with Gasteiger partial charge in [-0.15, -0.1) is 11.3 Å². The van der Waals surface area contributed by atoms with Crippen LogP contribution in [0.4, 0.5) is 18.0 Å². The van der Waals surface area contributed by atoms with E-state index in [1.165, 1.54) is 4.90 Å². The van der Waals surface area contributed by atoms with Gasteiger partial charge in [0.25, 0.3) is 0 Å². The molecular weight excluding hydrogens is 343 g/mol. The SMILES string of the molecule is O=C(NCc1cccs1)N1CC(Oc2cc(C(F)(F)F)ccn2)C1. The molecular formula is C15H14F3N3O2S. The van der Waals surface area contributed by atoms with Crippen LogP contribution in [0.15, 0.2) is 35.8 Å². The molecule has 2 aromatic rings. The van der Waals surface area contributed by atoms with Crippen LogP contribution in [-0.4, -0.2) is 35.1 Å². The summed E-state index contributed by atoms with van der Waals surface area (Å²) in [5, 5.41) is 4.71. The minimum absolute atomic E-state index is 0.0894. The Morgan fingerprint density at radius 2 is 2.21 bits per heavy atom. The third kappa shape index (κ3) is 3.97. The van der Waals surface area contributed by atoms with Crippen LogP contribution in [0.1, 0.15) is 10.4 Å². The first-order valence-electron chi connectivity index (χ1n) is 7.17. The molecule has 0 radical (unpaired) electrons. The number of amides is 2. The number of hydrogen-bond acceptors (Lipinski definition) is 4. The smallest absolute Gasteiger partial charge is 0.416 e. The van der Waals surface area contributed by atoms with Gasteiger partial charge in [-0.1, -0.05) is 6.07 Å². The normalized spacial score (nSPS) is 15.0. The molecule has 24 heavy (non-hydrogen) atoms. The average molecular weight is 357 g/mol. The van der Waals surface area contributed by atoms with Crippen molar-refractivity contribution >= 4 is 17.4 Å². The highest BCUT2D eigenvalue weighted by Crippen LogP contribution is 2.30. The molecule has 0 unspecified atom stereocenters. The zero-order chi connectivity index (χ0) is 17.2. The van der Waals surface area contributed by atoms with Gasteiger partial charge in [-0.2, -0.15) is 13.2 Å². The molecule has 128 valence electrons.